The molecule has 25 heavy (non-hydrogen) atoms. The molecule has 0 aromatic heterocycles. The second-order valence-electron chi connectivity index (χ2n) is 7.06. The van der Waals surface area contributed by atoms with E-state index >= 15 is 0 Å². The van der Waals surface area contributed by atoms with Crippen molar-refractivity contribution >= 4 is 0 Å². The Hall–Kier alpha value is -1.80. The highest BCUT2D eigenvalue weighted by molar-refractivity contribution is 5.34. The van der Waals surface area contributed by atoms with Gasteiger partial charge in [0.2, 0.25) is 0 Å². The molecule has 1 unspecified atom stereocenters. The van der Waals surface area contributed by atoms with E-state index in [1.165, 1.54) is 36.0 Å². The molecule has 3 rings (SSSR count). The summed E-state index contributed by atoms with van der Waals surface area (Å²) < 4.78 is 6.12. The molecule has 2 nitrogen and oxygen atoms in total. The average molecular weight is 338 g/mol. The van der Waals surface area contributed by atoms with Gasteiger partial charge in [0.05, 0.1) is 6.61 Å². The third-order valence-electron chi connectivity index (χ3n) is 5.22. The molecular weight excluding hydrogens is 306 g/mol. The number of nitrogens with one attached hydrogen (secondary N) is 1. The first-order chi connectivity index (χ1) is 12.3. The van der Waals surface area contributed by atoms with E-state index < -0.39 is 0 Å². The minimum atomic E-state index is 0.637. The lowest BCUT2D eigenvalue weighted by Gasteiger charge is -2.23. The number of para-hydroxylation sites is 1. The second-order valence-corrected chi connectivity index (χ2v) is 7.06. The zero-order valence-electron chi connectivity index (χ0n) is 15.5. The predicted molar refractivity (Wildman–Crippen MR) is 105 cm³/mol. The van der Waals surface area contributed by atoms with Crippen molar-refractivity contribution in [3.05, 3.63) is 65.2 Å². The van der Waals surface area contributed by atoms with E-state index in [2.05, 4.69) is 60.8 Å². The third kappa shape index (κ3) is 5.61. The van der Waals surface area contributed by atoms with Crippen LogP contribution in [0.15, 0.2) is 48.5 Å². The number of benzene rings is 2. The van der Waals surface area contributed by atoms with Crippen molar-refractivity contribution in [1.82, 2.24) is 5.32 Å². The van der Waals surface area contributed by atoms with E-state index in [0.29, 0.717) is 6.04 Å². The fraction of sp³-hybridized carbons (Fsp3) is 0.478. The molecule has 1 atom stereocenters. The Kier molecular flexibility index (Phi) is 6.93. The molecule has 2 heteroatoms. The standard InChI is InChI=1S/C23H31NO/c1-2-19-10-12-20(13-11-19)14-15-21-7-3-4-9-23(21)25-18-16-22-8-5-6-17-24-22/h3-4,7,9-13,22,24H,2,5-6,8,14-18H2,1H3. The minimum absolute atomic E-state index is 0.637. The highest BCUT2D eigenvalue weighted by Gasteiger charge is 2.12. The van der Waals surface area contributed by atoms with E-state index in [1.807, 2.05) is 0 Å². The Morgan fingerprint density at radius 1 is 0.960 bits per heavy atom. The average Bonchev–Trinajstić information content (AvgIpc) is 2.68. The van der Waals surface area contributed by atoms with Gasteiger partial charge in [-0.1, -0.05) is 55.8 Å². The summed E-state index contributed by atoms with van der Waals surface area (Å²) in [5.74, 6) is 1.06. The summed E-state index contributed by atoms with van der Waals surface area (Å²) in [7, 11) is 0. The Morgan fingerprint density at radius 3 is 2.52 bits per heavy atom. The summed E-state index contributed by atoms with van der Waals surface area (Å²) in [6.45, 7) is 4.17. The molecule has 1 N–H and O–H groups in total. The van der Waals surface area contributed by atoms with Gasteiger partial charge in [-0.05, 0) is 67.8 Å². The molecule has 134 valence electrons. The van der Waals surface area contributed by atoms with E-state index in [0.717, 1.165) is 44.6 Å². The summed E-state index contributed by atoms with van der Waals surface area (Å²) in [6, 6.07) is 18.2. The number of hydrogen-bond donors (Lipinski definition) is 1. The van der Waals surface area contributed by atoms with Gasteiger partial charge < -0.3 is 10.1 Å². The Balaban J connectivity index is 1.51. The monoisotopic (exact) mass is 337 g/mol. The summed E-state index contributed by atoms with van der Waals surface area (Å²) in [5, 5.41) is 3.60. The van der Waals surface area contributed by atoms with Gasteiger partial charge in [-0.15, -0.1) is 0 Å². The van der Waals surface area contributed by atoms with Crippen LogP contribution in [0.3, 0.4) is 0 Å². The molecule has 0 aliphatic carbocycles. The maximum absolute atomic E-state index is 6.12. The van der Waals surface area contributed by atoms with Gasteiger partial charge in [-0.2, -0.15) is 0 Å². The summed E-state index contributed by atoms with van der Waals surface area (Å²) >= 11 is 0. The maximum Gasteiger partial charge on any atom is 0.122 e. The van der Waals surface area contributed by atoms with E-state index in [4.69, 9.17) is 4.74 Å². The van der Waals surface area contributed by atoms with Gasteiger partial charge >= 0.3 is 0 Å². The van der Waals surface area contributed by atoms with Crippen molar-refractivity contribution in [1.29, 1.82) is 0 Å². The van der Waals surface area contributed by atoms with Crippen molar-refractivity contribution in [2.75, 3.05) is 13.2 Å². The lowest BCUT2D eigenvalue weighted by molar-refractivity contribution is 0.266. The van der Waals surface area contributed by atoms with Crippen LogP contribution in [0.25, 0.3) is 0 Å². The first-order valence-corrected chi connectivity index (χ1v) is 9.87. The lowest BCUT2D eigenvalue weighted by Crippen LogP contribution is -2.35. The maximum atomic E-state index is 6.12. The topological polar surface area (TPSA) is 21.3 Å². The molecular formula is C23H31NO. The number of rotatable bonds is 8. The van der Waals surface area contributed by atoms with Gasteiger partial charge in [0.25, 0.3) is 0 Å². The number of ether oxygens (including phenoxy) is 1. The Morgan fingerprint density at radius 2 is 1.76 bits per heavy atom. The molecule has 0 bridgehead atoms. The molecule has 1 fully saturated rings. The highest BCUT2D eigenvalue weighted by Crippen LogP contribution is 2.21. The van der Waals surface area contributed by atoms with Crippen LogP contribution < -0.4 is 10.1 Å². The zero-order valence-corrected chi connectivity index (χ0v) is 15.5. The fourth-order valence-corrected chi connectivity index (χ4v) is 3.55. The SMILES string of the molecule is CCc1ccc(CCc2ccccc2OCCC2CCCCN2)cc1. The quantitative estimate of drug-likeness (QED) is 0.736. The summed E-state index contributed by atoms with van der Waals surface area (Å²) in [5.41, 5.74) is 4.13. The zero-order chi connectivity index (χ0) is 17.3. The van der Waals surface area contributed by atoms with Gasteiger partial charge in [0.1, 0.15) is 5.75 Å². The molecule has 0 spiro atoms. The van der Waals surface area contributed by atoms with Gasteiger partial charge in [-0.3, -0.25) is 0 Å². The van der Waals surface area contributed by atoms with Crippen LogP contribution in [0.4, 0.5) is 0 Å². The van der Waals surface area contributed by atoms with E-state index in [9.17, 15) is 0 Å². The van der Waals surface area contributed by atoms with Crippen LogP contribution in [-0.4, -0.2) is 19.2 Å². The van der Waals surface area contributed by atoms with Crippen molar-refractivity contribution in [2.24, 2.45) is 0 Å². The molecule has 2 aromatic rings. The predicted octanol–water partition coefficient (Wildman–Crippen LogP) is 4.95. The summed E-state index contributed by atoms with van der Waals surface area (Å²) in [6.07, 6.45) is 8.26. The summed E-state index contributed by atoms with van der Waals surface area (Å²) in [4.78, 5) is 0. The molecule has 0 radical (unpaired) electrons. The van der Waals surface area contributed by atoms with Crippen LogP contribution >= 0.6 is 0 Å². The first kappa shape index (κ1) is 18.0. The van der Waals surface area contributed by atoms with Crippen LogP contribution in [0.1, 0.15) is 49.3 Å². The van der Waals surface area contributed by atoms with Gasteiger partial charge in [0.15, 0.2) is 0 Å². The van der Waals surface area contributed by atoms with Gasteiger partial charge in [0, 0.05) is 6.04 Å². The van der Waals surface area contributed by atoms with E-state index in [-0.39, 0.29) is 0 Å². The lowest BCUT2D eigenvalue weighted by atomic mass is 10.0. The Bertz CT molecular complexity index is 629. The van der Waals surface area contributed by atoms with Crippen LogP contribution in [0.5, 0.6) is 5.75 Å². The molecule has 2 aromatic carbocycles. The molecule has 1 saturated heterocycles. The van der Waals surface area contributed by atoms with E-state index in [1.54, 1.807) is 0 Å². The molecule has 1 aliphatic rings. The third-order valence-corrected chi connectivity index (χ3v) is 5.22. The normalized spacial score (nSPS) is 17.4. The smallest absolute Gasteiger partial charge is 0.122 e. The first-order valence-electron chi connectivity index (χ1n) is 9.87. The number of hydrogen-bond acceptors (Lipinski definition) is 2. The van der Waals surface area contributed by atoms with Crippen LogP contribution in [0, 0.1) is 0 Å². The van der Waals surface area contributed by atoms with Crippen LogP contribution in [-0.2, 0) is 19.3 Å². The van der Waals surface area contributed by atoms with Crippen molar-refractivity contribution in [2.45, 2.75) is 57.9 Å². The number of piperidine rings is 1. The minimum Gasteiger partial charge on any atom is -0.493 e. The molecule has 1 aliphatic heterocycles. The molecule has 0 amide bonds. The van der Waals surface area contributed by atoms with Crippen molar-refractivity contribution in [3.63, 3.8) is 0 Å². The number of aryl methyl sites for hydroxylation is 3. The molecule has 0 saturated carbocycles. The Labute approximate surface area is 152 Å². The van der Waals surface area contributed by atoms with Crippen molar-refractivity contribution < 1.29 is 4.74 Å². The van der Waals surface area contributed by atoms with Crippen LogP contribution in [0.2, 0.25) is 0 Å². The largest absolute Gasteiger partial charge is 0.493 e. The van der Waals surface area contributed by atoms with Crippen molar-refractivity contribution in [3.8, 4) is 5.75 Å². The highest BCUT2D eigenvalue weighted by atomic mass is 16.5. The second kappa shape index (κ2) is 9.62. The molecule has 1 heterocycles. The fourth-order valence-electron chi connectivity index (χ4n) is 3.55. The van der Waals surface area contributed by atoms with Gasteiger partial charge in [-0.25, -0.2) is 0 Å².